The highest BCUT2D eigenvalue weighted by Crippen LogP contribution is 2.34. The van der Waals surface area contributed by atoms with Crippen molar-refractivity contribution >= 4 is 0 Å². The van der Waals surface area contributed by atoms with Gasteiger partial charge in [0, 0.05) is 25.2 Å². The molecule has 0 aliphatic carbocycles. The Kier molecular flexibility index (Phi) is 2.91. The summed E-state index contributed by atoms with van der Waals surface area (Å²) in [4.78, 5) is 2.53. The van der Waals surface area contributed by atoms with E-state index in [0.29, 0.717) is 0 Å². The Balaban J connectivity index is 2.06. The van der Waals surface area contributed by atoms with Gasteiger partial charge in [0.15, 0.2) is 0 Å². The maximum Gasteiger partial charge on any atom is 0.0464 e. The number of hydrogen-bond acceptors (Lipinski definition) is 3. The highest BCUT2D eigenvalue weighted by Gasteiger charge is 2.44. The van der Waals surface area contributed by atoms with Crippen molar-refractivity contribution in [1.82, 2.24) is 10.2 Å². The molecule has 0 saturated carbocycles. The van der Waals surface area contributed by atoms with E-state index in [0.717, 1.165) is 25.6 Å². The Hall–Kier alpha value is -0.380. The van der Waals surface area contributed by atoms with E-state index in [1.165, 1.54) is 25.9 Å². The molecule has 3 aliphatic heterocycles. The van der Waals surface area contributed by atoms with Crippen LogP contribution in [0.3, 0.4) is 0 Å². The second kappa shape index (κ2) is 4.01. The number of rotatable bonds is 4. The van der Waals surface area contributed by atoms with E-state index in [1.807, 2.05) is 6.08 Å². The molecule has 2 bridgehead atoms. The fraction of sp³-hybridized carbons (Fsp3) is 0.818. The van der Waals surface area contributed by atoms with Crippen molar-refractivity contribution in [3.63, 3.8) is 0 Å². The lowest BCUT2D eigenvalue weighted by Gasteiger charge is -2.53. The Morgan fingerprint density at radius 1 is 1.50 bits per heavy atom. The van der Waals surface area contributed by atoms with Crippen LogP contribution in [0.1, 0.15) is 12.8 Å². The number of nitrogens with one attached hydrogen (secondary N) is 1. The number of fused-ring (bicyclic) bond motifs is 3. The van der Waals surface area contributed by atoms with Crippen molar-refractivity contribution in [1.29, 1.82) is 0 Å². The second-order valence-electron chi connectivity index (χ2n) is 4.58. The highest BCUT2D eigenvalue weighted by molar-refractivity contribution is 5.05. The van der Waals surface area contributed by atoms with Crippen LogP contribution in [0, 0.1) is 5.92 Å². The lowest BCUT2D eigenvalue weighted by atomic mass is 9.73. The summed E-state index contributed by atoms with van der Waals surface area (Å²) in [6, 6.07) is 0. The van der Waals surface area contributed by atoms with Crippen molar-refractivity contribution in [3.05, 3.63) is 12.7 Å². The minimum absolute atomic E-state index is 0.171. The minimum Gasteiger partial charge on any atom is -0.329 e. The van der Waals surface area contributed by atoms with Crippen LogP contribution in [0.4, 0.5) is 0 Å². The van der Waals surface area contributed by atoms with Gasteiger partial charge in [-0.25, -0.2) is 0 Å². The van der Waals surface area contributed by atoms with Gasteiger partial charge in [0.2, 0.25) is 0 Å². The summed E-state index contributed by atoms with van der Waals surface area (Å²) in [5.41, 5.74) is 6.11. The first kappa shape index (κ1) is 10.1. The van der Waals surface area contributed by atoms with Crippen molar-refractivity contribution in [3.8, 4) is 0 Å². The van der Waals surface area contributed by atoms with E-state index in [4.69, 9.17) is 5.73 Å². The quantitative estimate of drug-likeness (QED) is 0.629. The Morgan fingerprint density at radius 2 is 2.21 bits per heavy atom. The Bertz CT molecular complexity index is 209. The summed E-state index contributed by atoms with van der Waals surface area (Å²) in [7, 11) is 0. The molecule has 0 radical (unpaired) electrons. The molecule has 3 heteroatoms. The largest absolute Gasteiger partial charge is 0.329 e. The fourth-order valence-corrected chi connectivity index (χ4v) is 2.95. The standard InChI is InChI=1S/C11H21N3/c1-2-5-13-11(8-12)9-14-6-3-10(11)4-7-14/h2,10,13H,1,3-9,12H2. The van der Waals surface area contributed by atoms with E-state index < -0.39 is 0 Å². The number of hydrogen-bond donors (Lipinski definition) is 2. The third-order valence-corrected chi connectivity index (χ3v) is 3.84. The van der Waals surface area contributed by atoms with E-state index in [1.54, 1.807) is 0 Å². The van der Waals surface area contributed by atoms with E-state index in [9.17, 15) is 0 Å². The first-order valence-corrected chi connectivity index (χ1v) is 5.59. The van der Waals surface area contributed by atoms with Gasteiger partial charge in [0.05, 0.1) is 0 Å². The SMILES string of the molecule is C=CCNC1(CN)CN2CCC1CC2. The number of nitrogens with zero attached hydrogens (tertiary/aromatic N) is 1. The zero-order valence-electron chi connectivity index (χ0n) is 8.84. The fourth-order valence-electron chi connectivity index (χ4n) is 2.95. The molecule has 14 heavy (non-hydrogen) atoms. The zero-order valence-corrected chi connectivity index (χ0v) is 8.84. The molecule has 3 N–H and O–H groups in total. The zero-order chi connectivity index (χ0) is 10.0. The molecule has 3 heterocycles. The molecule has 1 atom stereocenters. The molecule has 1 unspecified atom stereocenters. The summed E-state index contributed by atoms with van der Waals surface area (Å²) in [5.74, 6) is 0.775. The molecular weight excluding hydrogens is 174 g/mol. The monoisotopic (exact) mass is 195 g/mol. The lowest BCUT2D eigenvalue weighted by molar-refractivity contribution is 0.0131. The molecule has 0 aromatic rings. The van der Waals surface area contributed by atoms with Gasteiger partial charge in [0.25, 0.3) is 0 Å². The molecule has 3 fully saturated rings. The molecule has 0 amide bonds. The maximum atomic E-state index is 5.94. The van der Waals surface area contributed by atoms with Gasteiger partial charge in [-0.3, -0.25) is 0 Å². The molecule has 3 aliphatic rings. The molecule has 0 aromatic heterocycles. The van der Waals surface area contributed by atoms with Gasteiger partial charge in [-0.05, 0) is 31.8 Å². The average molecular weight is 195 g/mol. The molecular formula is C11H21N3. The van der Waals surface area contributed by atoms with Crippen LogP contribution in [0.2, 0.25) is 0 Å². The normalized spacial score (nSPS) is 41.2. The smallest absolute Gasteiger partial charge is 0.0464 e. The topological polar surface area (TPSA) is 41.3 Å². The summed E-state index contributed by atoms with van der Waals surface area (Å²) < 4.78 is 0. The van der Waals surface area contributed by atoms with Gasteiger partial charge in [-0.1, -0.05) is 6.08 Å². The van der Waals surface area contributed by atoms with Crippen LogP contribution >= 0.6 is 0 Å². The van der Waals surface area contributed by atoms with Crippen LogP contribution in [0.5, 0.6) is 0 Å². The summed E-state index contributed by atoms with van der Waals surface area (Å²) >= 11 is 0. The van der Waals surface area contributed by atoms with Crippen LogP contribution < -0.4 is 11.1 Å². The molecule has 0 spiro atoms. The lowest BCUT2D eigenvalue weighted by Crippen LogP contribution is -2.69. The van der Waals surface area contributed by atoms with Crippen molar-refractivity contribution in [2.75, 3.05) is 32.7 Å². The Labute approximate surface area is 86.3 Å². The molecule has 3 rings (SSSR count). The molecule has 80 valence electrons. The highest BCUT2D eigenvalue weighted by atomic mass is 15.2. The maximum absolute atomic E-state index is 5.94. The van der Waals surface area contributed by atoms with Crippen LogP contribution in [-0.2, 0) is 0 Å². The summed E-state index contributed by atoms with van der Waals surface area (Å²) in [5, 5.41) is 3.58. The van der Waals surface area contributed by atoms with Crippen LogP contribution in [0.15, 0.2) is 12.7 Å². The van der Waals surface area contributed by atoms with Crippen molar-refractivity contribution in [2.45, 2.75) is 18.4 Å². The predicted octanol–water partition coefficient (Wildman–Crippen LogP) is 0.185. The van der Waals surface area contributed by atoms with Crippen LogP contribution in [0.25, 0.3) is 0 Å². The van der Waals surface area contributed by atoms with Gasteiger partial charge < -0.3 is 16.0 Å². The van der Waals surface area contributed by atoms with Crippen LogP contribution in [-0.4, -0.2) is 43.2 Å². The van der Waals surface area contributed by atoms with Gasteiger partial charge in [-0.15, -0.1) is 6.58 Å². The number of nitrogens with two attached hydrogens (primary N) is 1. The predicted molar refractivity (Wildman–Crippen MR) is 59.1 cm³/mol. The second-order valence-corrected chi connectivity index (χ2v) is 4.58. The van der Waals surface area contributed by atoms with E-state index in [-0.39, 0.29) is 5.54 Å². The van der Waals surface area contributed by atoms with Crippen molar-refractivity contribution < 1.29 is 0 Å². The molecule has 0 aromatic carbocycles. The van der Waals surface area contributed by atoms with E-state index >= 15 is 0 Å². The first-order chi connectivity index (χ1) is 6.80. The first-order valence-electron chi connectivity index (χ1n) is 5.59. The van der Waals surface area contributed by atoms with Crippen molar-refractivity contribution in [2.24, 2.45) is 11.7 Å². The Morgan fingerprint density at radius 3 is 2.64 bits per heavy atom. The molecule has 3 nitrogen and oxygen atoms in total. The van der Waals surface area contributed by atoms with Gasteiger partial charge in [0.1, 0.15) is 0 Å². The minimum atomic E-state index is 0.171. The molecule has 3 saturated heterocycles. The van der Waals surface area contributed by atoms with Gasteiger partial charge >= 0.3 is 0 Å². The van der Waals surface area contributed by atoms with E-state index in [2.05, 4.69) is 16.8 Å². The summed E-state index contributed by atoms with van der Waals surface area (Å²) in [6.45, 7) is 9.04. The average Bonchev–Trinajstić information content (AvgIpc) is 2.28. The number of piperidine rings is 3. The third-order valence-electron chi connectivity index (χ3n) is 3.84. The summed E-state index contributed by atoms with van der Waals surface area (Å²) in [6.07, 6.45) is 4.54. The van der Waals surface area contributed by atoms with Gasteiger partial charge in [-0.2, -0.15) is 0 Å². The third kappa shape index (κ3) is 1.60.